The van der Waals surface area contributed by atoms with Gasteiger partial charge in [-0.05, 0) is 112 Å². The smallest absolute Gasteiger partial charge is 0.335 e. The third-order valence-electron chi connectivity index (χ3n) is 11.8. The fourth-order valence-electron chi connectivity index (χ4n) is 9.66. The Morgan fingerprint density at radius 2 is 1.78 bits per heavy atom. The molecule has 36 heavy (non-hydrogen) atoms. The van der Waals surface area contributed by atoms with Crippen molar-refractivity contribution in [1.29, 1.82) is 0 Å². The number of hydrogen-bond acceptors (Lipinski definition) is 6. The first kappa shape index (κ1) is 24.6. The normalized spacial score (nSPS) is 48.1. The molecule has 1 aromatic heterocycles. The Labute approximate surface area is 213 Å². The van der Waals surface area contributed by atoms with Gasteiger partial charge in [0.15, 0.2) is 0 Å². The van der Waals surface area contributed by atoms with Crippen molar-refractivity contribution >= 4 is 5.91 Å². The lowest BCUT2D eigenvalue weighted by Gasteiger charge is -2.66. The van der Waals surface area contributed by atoms with E-state index in [0.717, 1.165) is 69.9 Å². The standard InChI is InChI=1S/C29H42N2O5/c1-26-11-7-19(31-25(33)23-4-3-15-30-23)16-28(26,34)13-9-22-21(26)8-12-27(2)20(10-14-29(22,27)35)18-5-6-24(32)36-17-18/h5-6,17,19-23,30,34-35H,3-4,7-16H2,1-2H3,(H,31,33)/t19-,20+,21-,22+,23?,26+,27+,28-,29-/m0/s1. The first-order valence-electron chi connectivity index (χ1n) is 14.2. The van der Waals surface area contributed by atoms with E-state index in [1.54, 1.807) is 6.26 Å². The highest BCUT2D eigenvalue weighted by atomic mass is 16.4. The highest BCUT2D eigenvalue weighted by Crippen LogP contribution is 2.71. The second kappa shape index (κ2) is 8.40. The van der Waals surface area contributed by atoms with Crippen molar-refractivity contribution in [2.75, 3.05) is 6.54 Å². The molecule has 7 nitrogen and oxygen atoms in total. The molecule has 1 amide bonds. The summed E-state index contributed by atoms with van der Waals surface area (Å²) < 4.78 is 5.20. The van der Waals surface area contributed by atoms with E-state index >= 15 is 0 Å². The van der Waals surface area contributed by atoms with Crippen LogP contribution in [0, 0.1) is 22.7 Å². The maximum atomic E-state index is 12.7. The van der Waals surface area contributed by atoms with Gasteiger partial charge in [-0.3, -0.25) is 4.79 Å². The van der Waals surface area contributed by atoms with Crippen LogP contribution < -0.4 is 16.3 Å². The molecule has 198 valence electrons. The van der Waals surface area contributed by atoms with Crippen molar-refractivity contribution in [3.63, 3.8) is 0 Å². The lowest BCUT2D eigenvalue weighted by molar-refractivity contribution is -0.247. The van der Waals surface area contributed by atoms with E-state index < -0.39 is 11.2 Å². The van der Waals surface area contributed by atoms with Crippen molar-refractivity contribution in [2.45, 2.75) is 114 Å². The zero-order valence-electron chi connectivity index (χ0n) is 21.7. The van der Waals surface area contributed by atoms with E-state index in [9.17, 15) is 19.8 Å². The molecule has 9 atom stereocenters. The average Bonchev–Trinajstić information content (AvgIpc) is 3.47. The van der Waals surface area contributed by atoms with Gasteiger partial charge in [0.1, 0.15) is 0 Å². The van der Waals surface area contributed by atoms with Gasteiger partial charge >= 0.3 is 5.63 Å². The fourth-order valence-corrected chi connectivity index (χ4v) is 9.66. The Kier molecular flexibility index (Phi) is 5.75. The zero-order valence-corrected chi connectivity index (χ0v) is 21.7. The van der Waals surface area contributed by atoms with E-state index in [1.807, 2.05) is 6.07 Å². The Bertz CT molecular complexity index is 1060. The van der Waals surface area contributed by atoms with E-state index in [4.69, 9.17) is 4.42 Å². The fraction of sp³-hybridized carbons (Fsp3) is 0.793. The second-order valence-corrected chi connectivity index (χ2v) is 13.2. The molecule has 7 heteroatoms. The van der Waals surface area contributed by atoms with Crippen LogP contribution in [0.1, 0.15) is 96.0 Å². The van der Waals surface area contributed by atoms with Gasteiger partial charge in [0.05, 0.1) is 23.5 Å². The molecule has 4 aliphatic carbocycles. The van der Waals surface area contributed by atoms with Crippen molar-refractivity contribution in [2.24, 2.45) is 22.7 Å². The highest BCUT2D eigenvalue weighted by molar-refractivity contribution is 5.82. The van der Waals surface area contributed by atoms with Crippen LogP contribution in [-0.4, -0.2) is 46.0 Å². The van der Waals surface area contributed by atoms with Crippen molar-refractivity contribution in [3.8, 4) is 0 Å². The van der Waals surface area contributed by atoms with Crippen LogP contribution in [0.25, 0.3) is 0 Å². The molecular formula is C29H42N2O5. The third kappa shape index (κ3) is 3.41. The van der Waals surface area contributed by atoms with Crippen molar-refractivity contribution < 1.29 is 19.4 Å². The quantitative estimate of drug-likeness (QED) is 0.509. The lowest BCUT2D eigenvalue weighted by atomic mass is 9.42. The number of fused-ring (bicyclic) bond motifs is 5. The van der Waals surface area contributed by atoms with E-state index in [0.29, 0.717) is 12.8 Å². The van der Waals surface area contributed by atoms with E-state index in [2.05, 4.69) is 24.5 Å². The Morgan fingerprint density at radius 1 is 1.00 bits per heavy atom. The van der Waals surface area contributed by atoms with Gasteiger partial charge in [0, 0.05) is 17.5 Å². The number of amides is 1. The molecule has 1 saturated heterocycles. The molecule has 0 bridgehead atoms. The first-order chi connectivity index (χ1) is 17.1. The minimum atomic E-state index is -0.821. The molecule has 4 saturated carbocycles. The summed E-state index contributed by atoms with van der Waals surface area (Å²) in [5, 5.41) is 31.0. The van der Waals surface area contributed by atoms with Crippen LogP contribution in [0.3, 0.4) is 0 Å². The van der Waals surface area contributed by atoms with Gasteiger partial charge in [-0.1, -0.05) is 13.8 Å². The topological polar surface area (TPSA) is 112 Å². The molecule has 6 rings (SSSR count). The van der Waals surface area contributed by atoms with Gasteiger partial charge in [0.2, 0.25) is 5.91 Å². The Balaban J connectivity index is 1.22. The predicted molar refractivity (Wildman–Crippen MR) is 135 cm³/mol. The summed E-state index contributed by atoms with van der Waals surface area (Å²) in [6, 6.07) is 3.28. The summed E-state index contributed by atoms with van der Waals surface area (Å²) in [6.07, 6.45) is 10.9. The molecule has 1 aliphatic heterocycles. The number of carbonyl (C=O) groups is 1. The van der Waals surface area contributed by atoms with Crippen LogP contribution in [0.2, 0.25) is 0 Å². The molecule has 0 radical (unpaired) electrons. The maximum absolute atomic E-state index is 12.7. The molecule has 4 N–H and O–H groups in total. The van der Waals surface area contributed by atoms with Gasteiger partial charge in [0.25, 0.3) is 0 Å². The average molecular weight is 499 g/mol. The second-order valence-electron chi connectivity index (χ2n) is 13.2. The van der Waals surface area contributed by atoms with Crippen LogP contribution in [0.4, 0.5) is 0 Å². The first-order valence-corrected chi connectivity index (χ1v) is 14.2. The predicted octanol–water partition coefficient (Wildman–Crippen LogP) is 3.23. The van der Waals surface area contributed by atoms with Crippen LogP contribution in [-0.2, 0) is 4.79 Å². The SMILES string of the molecule is C[C@]12CC[C@H](NC(=O)C3CCCN3)C[C@@]1(O)CC[C@@H]1[C@@H]2CC[C@]2(C)[C@@H](c3ccc(=O)oc3)CC[C@]12O. The van der Waals surface area contributed by atoms with Gasteiger partial charge in [-0.2, -0.15) is 0 Å². The molecule has 0 aromatic carbocycles. The summed E-state index contributed by atoms with van der Waals surface area (Å²) >= 11 is 0. The third-order valence-corrected chi connectivity index (χ3v) is 11.8. The minimum Gasteiger partial charge on any atom is -0.431 e. The van der Waals surface area contributed by atoms with Gasteiger partial charge < -0.3 is 25.3 Å². The molecule has 5 fully saturated rings. The number of nitrogens with one attached hydrogen (secondary N) is 2. The number of hydrogen-bond donors (Lipinski definition) is 4. The van der Waals surface area contributed by atoms with E-state index in [-0.39, 0.29) is 52.2 Å². The van der Waals surface area contributed by atoms with Crippen molar-refractivity contribution in [3.05, 3.63) is 34.4 Å². The molecule has 1 unspecified atom stereocenters. The summed E-state index contributed by atoms with van der Waals surface area (Å²) in [7, 11) is 0. The van der Waals surface area contributed by atoms with Crippen LogP contribution >= 0.6 is 0 Å². The molecule has 5 aliphatic rings. The van der Waals surface area contributed by atoms with Crippen LogP contribution in [0.15, 0.2) is 27.6 Å². The largest absolute Gasteiger partial charge is 0.431 e. The Morgan fingerprint density at radius 3 is 2.50 bits per heavy atom. The zero-order chi connectivity index (χ0) is 25.3. The maximum Gasteiger partial charge on any atom is 0.335 e. The summed E-state index contributed by atoms with van der Waals surface area (Å²) in [6.45, 7) is 5.39. The summed E-state index contributed by atoms with van der Waals surface area (Å²) in [4.78, 5) is 24.3. The van der Waals surface area contributed by atoms with Crippen LogP contribution in [0.5, 0.6) is 0 Å². The number of rotatable bonds is 3. The monoisotopic (exact) mass is 498 g/mol. The molecular weight excluding hydrogens is 456 g/mol. The number of aliphatic hydroxyl groups is 2. The molecule has 2 heterocycles. The molecule has 0 spiro atoms. The van der Waals surface area contributed by atoms with Gasteiger partial charge in [-0.15, -0.1) is 0 Å². The number of carbonyl (C=O) groups excluding carboxylic acids is 1. The van der Waals surface area contributed by atoms with Gasteiger partial charge in [-0.25, -0.2) is 4.79 Å². The minimum absolute atomic E-state index is 0.00932. The lowest BCUT2D eigenvalue weighted by Crippen LogP contribution is -2.68. The molecule has 1 aromatic rings. The summed E-state index contributed by atoms with van der Waals surface area (Å²) in [5.41, 5.74) is -1.49. The highest BCUT2D eigenvalue weighted by Gasteiger charge is 2.70. The van der Waals surface area contributed by atoms with E-state index in [1.165, 1.54) is 6.07 Å². The Hall–Kier alpha value is -1.70. The van der Waals surface area contributed by atoms with Crippen molar-refractivity contribution in [1.82, 2.24) is 10.6 Å². The summed E-state index contributed by atoms with van der Waals surface area (Å²) in [5.74, 6) is 0.650.